The van der Waals surface area contributed by atoms with Gasteiger partial charge in [0, 0.05) is 42.5 Å². The first kappa shape index (κ1) is 25.9. The van der Waals surface area contributed by atoms with E-state index in [2.05, 4.69) is 5.32 Å². The Bertz CT molecular complexity index is 1340. The molecule has 190 valence electrons. The van der Waals surface area contributed by atoms with Crippen molar-refractivity contribution in [1.82, 2.24) is 5.32 Å². The zero-order chi connectivity index (χ0) is 26.7. The largest absolute Gasteiger partial charge is 0.378 e. The number of amides is 1. The van der Waals surface area contributed by atoms with Crippen molar-refractivity contribution in [1.29, 1.82) is 0 Å². The lowest BCUT2D eigenvalue weighted by molar-refractivity contribution is -0.113. The molecular formula is C29H24F4N2O2. The predicted octanol–water partition coefficient (Wildman–Crippen LogP) is 5.94. The molecular weight excluding hydrogens is 484 g/mol. The highest BCUT2D eigenvalue weighted by Gasteiger charge is 2.29. The molecule has 0 saturated heterocycles. The molecule has 0 bridgehead atoms. The van der Waals surface area contributed by atoms with Crippen LogP contribution in [0.4, 0.5) is 23.2 Å². The number of carbonyl (C=O) groups excluding carboxylic acids is 2. The molecule has 0 radical (unpaired) electrons. The molecule has 8 heteroatoms. The molecule has 0 atom stereocenters. The summed E-state index contributed by atoms with van der Waals surface area (Å²) in [6, 6.07) is 13.0. The van der Waals surface area contributed by atoms with Crippen LogP contribution in [0.1, 0.15) is 34.3 Å². The van der Waals surface area contributed by atoms with E-state index >= 15 is 0 Å². The molecule has 1 N–H and O–H groups in total. The Kier molecular flexibility index (Phi) is 7.57. The number of rotatable bonds is 5. The van der Waals surface area contributed by atoms with Gasteiger partial charge in [-0.25, -0.2) is 17.6 Å². The van der Waals surface area contributed by atoms with Crippen LogP contribution in [0.5, 0.6) is 0 Å². The van der Waals surface area contributed by atoms with Gasteiger partial charge in [-0.2, -0.15) is 0 Å². The first-order valence-electron chi connectivity index (χ1n) is 11.5. The van der Waals surface area contributed by atoms with Crippen molar-refractivity contribution in [3.63, 3.8) is 0 Å². The smallest absolute Gasteiger partial charge is 0.251 e. The number of hydrogen-bond acceptors (Lipinski definition) is 3. The summed E-state index contributed by atoms with van der Waals surface area (Å²) >= 11 is 0. The second-order valence-corrected chi connectivity index (χ2v) is 9.04. The monoisotopic (exact) mass is 508 g/mol. The van der Waals surface area contributed by atoms with E-state index in [-0.39, 0.29) is 46.8 Å². The van der Waals surface area contributed by atoms with Crippen molar-refractivity contribution in [3.05, 3.63) is 112 Å². The predicted molar refractivity (Wildman–Crippen MR) is 135 cm³/mol. The third kappa shape index (κ3) is 6.14. The summed E-state index contributed by atoms with van der Waals surface area (Å²) in [6.07, 6.45) is 3.17. The molecule has 3 aromatic rings. The zero-order valence-corrected chi connectivity index (χ0v) is 20.2. The number of halogens is 4. The van der Waals surface area contributed by atoms with E-state index in [9.17, 15) is 27.2 Å². The van der Waals surface area contributed by atoms with Gasteiger partial charge >= 0.3 is 0 Å². The van der Waals surface area contributed by atoms with Crippen LogP contribution in [0.2, 0.25) is 0 Å². The summed E-state index contributed by atoms with van der Waals surface area (Å²) < 4.78 is 54.3. The maximum Gasteiger partial charge on any atom is 0.251 e. The van der Waals surface area contributed by atoms with Crippen LogP contribution >= 0.6 is 0 Å². The lowest BCUT2D eigenvalue weighted by Crippen LogP contribution is -2.39. The Hall–Kier alpha value is -4.20. The van der Waals surface area contributed by atoms with Crippen LogP contribution in [-0.4, -0.2) is 31.8 Å². The fraction of sp³-hybridized carbons (Fsp3) is 0.172. The van der Waals surface area contributed by atoms with Gasteiger partial charge in [-0.1, -0.05) is 12.1 Å². The maximum atomic E-state index is 13.8. The lowest BCUT2D eigenvalue weighted by atomic mass is 9.83. The van der Waals surface area contributed by atoms with Crippen LogP contribution in [0.15, 0.2) is 71.8 Å². The number of ketones is 1. The van der Waals surface area contributed by atoms with E-state index in [1.54, 1.807) is 12.1 Å². The quantitative estimate of drug-likeness (QED) is 0.343. The van der Waals surface area contributed by atoms with E-state index in [1.165, 1.54) is 24.3 Å². The van der Waals surface area contributed by atoms with Gasteiger partial charge in [-0.15, -0.1) is 0 Å². The topological polar surface area (TPSA) is 49.4 Å². The van der Waals surface area contributed by atoms with Crippen LogP contribution in [0, 0.1) is 23.3 Å². The highest BCUT2D eigenvalue weighted by Crippen LogP contribution is 2.29. The Balaban J connectivity index is 1.65. The van der Waals surface area contributed by atoms with Gasteiger partial charge in [0.05, 0.1) is 0 Å². The average Bonchev–Trinajstić information content (AvgIpc) is 2.86. The number of Topliss-reactive ketones (excluding diaryl/α,β-unsaturated/α-hetero) is 1. The van der Waals surface area contributed by atoms with Crippen LogP contribution in [0.25, 0.3) is 12.2 Å². The van der Waals surface area contributed by atoms with Gasteiger partial charge in [0.1, 0.15) is 0 Å². The Labute approximate surface area is 211 Å². The van der Waals surface area contributed by atoms with Crippen LogP contribution in [-0.2, 0) is 4.79 Å². The molecule has 1 fully saturated rings. The first-order valence-corrected chi connectivity index (χ1v) is 11.5. The number of nitrogens with one attached hydrogen (secondary N) is 1. The molecule has 1 aliphatic carbocycles. The molecule has 1 amide bonds. The average molecular weight is 509 g/mol. The summed E-state index contributed by atoms with van der Waals surface area (Å²) in [5.41, 5.74) is 2.44. The molecule has 0 heterocycles. The summed E-state index contributed by atoms with van der Waals surface area (Å²) in [4.78, 5) is 28.1. The van der Waals surface area contributed by atoms with Gasteiger partial charge in [0.2, 0.25) is 0 Å². The van der Waals surface area contributed by atoms with Crippen molar-refractivity contribution in [2.75, 3.05) is 19.0 Å². The standard InChI is InChI=1S/C29H24F4N2O2/c1-35(2)23-7-5-19(6-8-23)29(37)34-22-15-20(11-17-3-9-24(30)26(32)13-17)28(36)21(16-22)12-18-4-10-25(31)27(33)14-18/h3-14,22H,15-16H2,1-2H3,(H,34,37)/b20-11+,21-12+. The van der Waals surface area contributed by atoms with Gasteiger partial charge in [-0.05, 0) is 84.7 Å². The van der Waals surface area contributed by atoms with E-state index < -0.39 is 29.3 Å². The van der Waals surface area contributed by atoms with Crippen molar-refractivity contribution in [2.45, 2.75) is 18.9 Å². The zero-order valence-electron chi connectivity index (χ0n) is 20.2. The fourth-order valence-corrected chi connectivity index (χ4v) is 4.13. The van der Waals surface area contributed by atoms with E-state index in [0.717, 1.165) is 30.0 Å². The molecule has 1 saturated carbocycles. The van der Waals surface area contributed by atoms with Crippen LogP contribution in [0.3, 0.4) is 0 Å². The van der Waals surface area contributed by atoms with Crippen molar-refractivity contribution >= 4 is 29.5 Å². The van der Waals surface area contributed by atoms with Gasteiger partial charge < -0.3 is 10.2 Å². The van der Waals surface area contributed by atoms with Crippen molar-refractivity contribution in [3.8, 4) is 0 Å². The SMILES string of the molecule is CN(C)c1ccc(C(=O)NC2C/C(=C\c3ccc(F)c(F)c3)C(=O)/C(=C/c3ccc(F)c(F)c3)C2)cc1. The van der Waals surface area contributed by atoms with Gasteiger partial charge in [0.15, 0.2) is 29.1 Å². The third-order valence-electron chi connectivity index (χ3n) is 6.07. The minimum absolute atomic E-state index is 0.147. The highest BCUT2D eigenvalue weighted by atomic mass is 19.2. The fourth-order valence-electron chi connectivity index (χ4n) is 4.13. The molecule has 3 aromatic carbocycles. The number of hydrogen-bond donors (Lipinski definition) is 1. The number of benzene rings is 3. The summed E-state index contributed by atoms with van der Waals surface area (Å²) in [6.45, 7) is 0. The Morgan fingerprint density at radius 2 is 1.27 bits per heavy atom. The third-order valence-corrected chi connectivity index (χ3v) is 6.07. The Morgan fingerprint density at radius 1 is 0.784 bits per heavy atom. The van der Waals surface area contributed by atoms with Crippen molar-refractivity contribution < 1.29 is 27.2 Å². The van der Waals surface area contributed by atoms with Crippen LogP contribution < -0.4 is 10.2 Å². The van der Waals surface area contributed by atoms with Gasteiger partial charge in [0.25, 0.3) is 5.91 Å². The molecule has 0 aliphatic heterocycles. The molecule has 0 spiro atoms. The second kappa shape index (κ2) is 10.8. The first-order chi connectivity index (χ1) is 17.6. The molecule has 0 unspecified atom stereocenters. The molecule has 4 nitrogen and oxygen atoms in total. The normalized spacial score (nSPS) is 17.8. The number of anilines is 1. The summed E-state index contributed by atoms with van der Waals surface area (Å²) in [5, 5.41) is 2.92. The second-order valence-electron chi connectivity index (χ2n) is 9.04. The summed E-state index contributed by atoms with van der Waals surface area (Å²) in [7, 11) is 3.77. The van der Waals surface area contributed by atoms with E-state index in [1.807, 2.05) is 31.1 Å². The maximum absolute atomic E-state index is 13.8. The van der Waals surface area contributed by atoms with E-state index in [4.69, 9.17) is 0 Å². The molecule has 4 rings (SSSR count). The highest BCUT2D eigenvalue weighted by molar-refractivity contribution is 6.14. The number of carbonyl (C=O) groups is 2. The summed E-state index contributed by atoms with van der Waals surface area (Å²) in [5.74, 6) is -4.86. The lowest BCUT2D eigenvalue weighted by Gasteiger charge is -2.27. The molecule has 1 aliphatic rings. The minimum Gasteiger partial charge on any atom is -0.378 e. The van der Waals surface area contributed by atoms with Gasteiger partial charge in [-0.3, -0.25) is 9.59 Å². The molecule has 37 heavy (non-hydrogen) atoms. The Morgan fingerprint density at radius 3 is 1.70 bits per heavy atom. The molecule has 0 aromatic heterocycles. The minimum atomic E-state index is -1.05. The van der Waals surface area contributed by atoms with E-state index in [0.29, 0.717) is 5.56 Å². The van der Waals surface area contributed by atoms with Crippen molar-refractivity contribution in [2.24, 2.45) is 0 Å². The number of nitrogens with zero attached hydrogens (tertiary/aromatic N) is 1.